The molecule has 1 rings (SSSR count). The summed E-state index contributed by atoms with van der Waals surface area (Å²) < 4.78 is 30.7. The molecule has 2 atom stereocenters. The van der Waals surface area contributed by atoms with Crippen LogP contribution in [0.5, 0.6) is 0 Å². The molecule has 0 bridgehead atoms. The van der Waals surface area contributed by atoms with E-state index < -0.39 is 12.0 Å². The van der Waals surface area contributed by atoms with Gasteiger partial charge in [0, 0.05) is 19.6 Å². The van der Waals surface area contributed by atoms with Crippen molar-refractivity contribution in [1.82, 2.24) is 5.32 Å². The van der Waals surface area contributed by atoms with Crippen molar-refractivity contribution in [3.63, 3.8) is 0 Å². The molecular weight excluding hydrogens is 164 g/mol. The zero-order valence-electron chi connectivity index (χ0n) is 7.44. The average molecular weight is 179 g/mol. The van der Waals surface area contributed by atoms with E-state index in [1.165, 1.54) is 6.92 Å². The Morgan fingerprint density at radius 2 is 2.25 bits per heavy atom. The fraction of sp³-hybridized carbons (Fsp3) is 1.00. The topological polar surface area (TPSA) is 21.3 Å². The van der Waals surface area contributed by atoms with Crippen LogP contribution in [0.25, 0.3) is 0 Å². The number of rotatable bonds is 2. The lowest BCUT2D eigenvalue weighted by molar-refractivity contribution is -0.0697. The fourth-order valence-electron chi connectivity index (χ4n) is 1.47. The maximum absolute atomic E-state index is 12.9. The Labute approximate surface area is 71.3 Å². The molecule has 2 unspecified atom stereocenters. The predicted molar refractivity (Wildman–Crippen MR) is 42.4 cm³/mol. The van der Waals surface area contributed by atoms with Crippen LogP contribution in [0.15, 0.2) is 0 Å². The Morgan fingerprint density at radius 1 is 1.58 bits per heavy atom. The monoisotopic (exact) mass is 179 g/mol. The van der Waals surface area contributed by atoms with Crippen molar-refractivity contribution in [3.8, 4) is 0 Å². The molecule has 1 aliphatic heterocycles. The van der Waals surface area contributed by atoms with Crippen molar-refractivity contribution in [3.05, 3.63) is 0 Å². The number of hydrogen-bond acceptors (Lipinski definition) is 2. The van der Waals surface area contributed by atoms with Gasteiger partial charge in [0.05, 0.1) is 12.6 Å². The summed E-state index contributed by atoms with van der Waals surface area (Å²) in [6.07, 6.45) is 0.459. The highest BCUT2D eigenvalue weighted by Crippen LogP contribution is 2.29. The van der Waals surface area contributed by atoms with Gasteiger partial charge in [-0.3, -0.25) is 0 Å². The molecule has 0 amide bonds. The van der Waals surface area contributed by atoms with Gasteiger partial charge >= 0.3 is 0 Å². The summed E-state index contributed by atoms with van der Waals surface area (Å²) in [6, 6.07) is -0.643. The molecule has 0 aliphatic carbocycles. The van der Waals surface area contributed by atoms with Crippen molar-refractivity contribution in [1.29, 1.82) is 0 Å². The van der Waals surface area contributed by atoms with E-state index in [2.05, 4.69) is 5.32 Å². The predicted octanol–water partition coefficient (Wildman–Crippen LogP) is 1.41. The molecule has 0 radical (unpaired) electrons. The highest BCUT2D eigenvalue weighted by Gasteiger charge is 2.41. The molecule has 1 fully saturated rings. The van der Waals surface area contributed by atoms with E-state index in [0.717, 1.165) is 0 Å². The van der Waals surface area contributed by atoms with Crippen LogP contribution in [-0.4, -0.2) is 31.7 Å². The number of nitrogens with one attached hydrogen (secondary N) is 1. The Balaban J connectivity index is 2.41. The maximum Gasteiger partial charge on any atom is 0.262 e. The average Bonchev–Trinajstić information content (AvgIpc) is 1.98. The van der Waals surface area contributed by atoms with Crippen LogP contribution in [0, 0.1) is 0 Å². The number of hydrogen-bond donors (Lipinski definition) is 1. The summed E-state index contributed by atoms with van der Waals surface area (Å²) in [7, 11) is 1.58. The lowest BCUT2D eigenvalue weighted by Gasteiger charge is -2.34. The Morgan fingerprint density at radius 3 is 2.75 bits per heavy atom. The van der Waals surface area contributed by atoms with Crippen molar-refractivity contribution < 1.29 is 13.5 Å². The normalized spacial score (nSPS) is 35.0. The second kappa shape index (κ2) is 3.66. The molecule has 12 heavy (non-hydrogen) atoms. The SMILES string of the molecule is COCC1CCC(F)(F)C(C)N1. The number of alkyl halides is 2. The standard InChI is InChI=1S/C8H15F2NO/c1-6-8(9,10)4-3-7(11-6)5-12-2/h6-7,11H,3-5H2,1-2H3. The highest BCUT2D eigenvalue weighted by molar-refractivity contribution is 4.89. The first-order chi connectivity index (χ1) is 5.56. The van der Waals surface area contributed by atoms with E-state index >= 15 is 0 Å². The Bertz CT molecular complexity index is 152. The van der Waals surface area contributed by atoms with E-state index in [4.69, 9.17) is 4.74 Å². The van der Waals surface area contributed by atoms with Crippen LogP contribution < -0.4 is 5.32 Å². The molecule has 1 heterocycles. The Kier molecular flexibility index (Phi) is 3.01. The summed E-state index contributed by atoms with van der Waals surface area (Å²) in [4.78, 5) is 0. The van der Waals surface area contributed by atoms with Gasteiger partial charge in [-0.2, -0.15) is 0 Å². The van der Waals surface area contributed by atoms with Gasteiger partial charge in [0.2, 0.25) is 0 Å². The second-order valence-corrected chi connectivity index (χ2v) is 3.34. The van der Waals surface area contributed by atoms with Crippen LogP contribution in [0.4, 0.5) is 8.78 Å². The third-order valence-corrected chi connectivity index (χ3v) is 2.31. The maximum atomic E-state index is 12.9. The molecule has 0 aromatic rings. The van der Waals surface area contributed by atoms with Gasteiger partial charge in [-0.25, -0.2) is 8.78 Å². The summed E-state index contributed by atoms with van der Waals surface area (Å²) in [5.74, 6) is -2.55. The summed E-state index contributed by atoms with van der Waals surface area (Å²) in [5, 5.41) is 2.83. The number of piperidine rings is 1. The third kappa shape index (κ3) is 2.14. The Hall–Kier alpha value is -0.220. The first-order valence-electron chi connectivity index (χ1n) is 4.19. The third-order valence-electron chi connectivity index (χ3n) is 2.31. The molecule has 0 aromatic heterocycles. The van der Waals surface area contributed by atoms with Crippen molar-refractivity contribution in [2.45, 2.75) is 37.8 Å². The van der Waals surface area contributed by atoms with Gasteiger partial charge in [0.15, 0.2) is 0 Å². The smallest absolute Gasteiger partial charge is 0.262 e. The molecule has 1 N–H and O–H groups in total. The van der Waals surface area contributed by atoms with Gasteiger partial charge < -0.3 is 10.1 Å². The molecule has 72 valence electrons. The minimum Gasteiger partial charge on any atom is -0.383 e. The fourth-order valence-corrected chi connectivity index (χ4v) is 1.47. The summed E-state index contributed by atoms with van der Waals surface area (Å²) >= 11 is 0. The summed E-state index contributed by atoms with van der Waals surface area (Å²) in [6.45, 7) is 2.03. The lowest BCUT2D eigenvalue weighted by Crippen LogP contribution is -2.53. The van der Waals surface area contributed by atoms with E-state index in [9.17, 15) is 8.78 Å². The second-order valence-electron chi connectivity index (χ2n) is 3.34. The minimum absolute atomic E-state index is 0.0325. The van der Waals surface area contributed by atoms with Crippen LogP contribution in [0.1, 0.15) is 19.8 Å². The van der Waals surface area contributed by atoms with E-state index in [-0.39, 0.29) is 12.5 Å². The van der Waals surface area contributed by atoms with Gasteiger partial charge in [-0.05, 0) is 13.3 Å². The number of ether oxygens (including phenoxy) is 1. The quantitative estimate of drug-likeness (QED) is 0.692. The van der Waals surface area contributed by atoms with Crippen molar-refractivity contribution in [2.24, 2.45) is 0 Å². The van der Waals surface area contributed by atoms with Crippen LogP contribution in [0.2, 0.25) is 0 Å². The number of halogens is 2. The van der Waals surface area contributed by atoms with Gasteiger partial charge in [-0.15, -0.1) is 0 Å². The van der Waals surface area contributed by atoms with Gasteiger partial charge in [-0.1, -0.05) is 0 Å². The lowest BCUT2D eigenvalue weighted by atomic mass is 9.96. The molecule has 0 saturated carbocycles. The zero-order chi connectivity index (χ0) is 9.19. The van der Waals surface area contributed by atoms with Gasteiger partial charge in [0.25, 0.3) is 5.92 Å². The largest absolute Gasteiger partial charge is 0.383 e. The number of methoxy groups -OCH3 is 1. The molecule has 0 aromatic carbocycles. The van der Waals surface area contributed by atoms with Crippen molar-refractivity contribution >= 4 is 0 Å². The zero-order valence-corrected chi connectivity index (χ0v) is 7.44. The summed E-state index contributed by atoms with van der Waals surface area (Å²) in [5.41, 5.74) is 0. The van der Waals surface area contributed by atoms with Crippen LogP contribution in [0.3, 0.4) is 0 Å². The van der Waals surface area contributed by atoms with Crippen LogP contribution in [-0.2, 0) is 4.74 Å². The van der Waals surface area contributed by atoms with E-state index in [1.807, 2.05) is 0 Å². The first kappa shape index (κ1) is 9.86. The van der Waals surface area contributed by atoms with E-state index in [1.54, 1.807) is 7.11 Å². The minimum atomic E-state index is -2.55. The molecule has 1 aliphatic rings. The first-order valence-corrected chi connectivity index (χ1v) is 4.19. The molecule has 4 heteroatoms. The van der Waals surface area contributed by atoms with Gasteiger partial charge in [0.1, 0.15) is 0 Å². The molecular formula is C8H15F2NO. The molecule has 1 saturated heterocycles. The highest BCUT2D eigenvalue weighted by atomic mass is 19.3. The van der Waals surface area contributed by atoms with Crippen molar-refractivity contribution in [2.75, 3.05) is 13.7 Å². The molecule has 2 nitrogen and oxygen atoms in total. The van der Waals surface area contributed by atoms with Crippen LogP contribution >= 0.6 is 0 Å². The van der Waals surface area contributed by atoms with E-state index in [0.29, 0.717) is 13.0 Å². The molecule has 0 spiro atoms.